The van der Waals surface area contributed by atoms with Crippen molar-refractivity contribution in [2.24, 2.45) is 0 Å². The average molecular weight is 230 g/mol. The van der Waals surface area contributed by atoms with E-state index < -0.39 is 0 Å². The molecule has 0 radical (unpaired) electrons. The Kier molecular flexibility index (Phi) is 3.57. The molecule has 0 spiro atoms. The number of carbonyl (C=O) groups is 1. The highest BCUT2D eigenvalue weighted by Gasteiger charge is 2.21. The van der Waals surface area contributed by atoms with Crippen LogP contribution in [0.5, 0.6) is 0 Å². The molecule has 17 heavy (non-hydrogen) atoms. The molecule has 90 valence electrons. The molecular formula is C14H18N2O. The topological polar surface area (TPSA) is 42.0 Å². The molecule has 2 rings (SSSR count). The number of hydrogen-bond donors (Lipinski definition) is 1. The third kappa shape index (κ3) is 3.16. The Bertz CT molecular complexity index is 448. The zero-order valence-electron chi connectivity index (χ0n) is 10.4. The van der Waals surface area contributed by atoms with Crippen LogP contribution in [0.2, 0.25) is 0 Å². The molecule has 0 saturated heterocycles. The highest BCUT2D eigenvalue weighted by Crippen LogP contribution is 2.28. The van der Waals surface area contributed by atoms with Crippen LogP contribution in [0.1, 0.15) is 49.2 Å². The molecule has 1 aromatic rings. The Balaban J connectivity index is 2.31. The molecule has 1 saturated carbocycles. The van der Waals surface area contributed by atoms with Crippen molar-refractivity contribution < 1.29 is 4.79 Å². The van der Waals surface area contributed by atoms with Gasteiger partial charge in [-0.15, -0.1) is 0 Å². The Morgan fingerprint density at radius 1 is 1.59 bits per heavy atom. The molecule has 1 N–H and O–H groups in total. The molecule has 0 bridgehead atoms. The molecule has 1 aliphatic rings. The lowest BCUT2D eigenvalue weighted by Gasteiger charge is -2.09. The first-order valence-electron chi connectivity index (χ1n) is 6.12. The zero-order chi connectivity index (χ0) is 12.3. The Morgan fingerprint density at radius 2 is 2.35 bits per heavy atom. The second-order valence-electron chi connectivity index (χ2n) is 4.58. The van der Waals surface area contributed by atoms with Crippen molar-refractivity contribution in [1.29, 1.82) is 0 Å². The van der Waals surface area contributed by atoms with Crippen molar-refractivity contribution in [3.05, 3.63) is 29.1 Å². The standard InChI is InChI=1S/C14H18N2O/c1-3-10(2)6-11-8-15-13(9-17)7-14(11)16-12-4-5-12/h6-9,12H,3-5H2,1-2H3,(H,15,16)/b10-6+. The van der Waals surface area contributed by atoms with E-state index >= 15 is 0 Å². The van der Waals surface area contributed by atoms with Gasteiger partial charge < -0.3 is 5.32 Å². The van der Waals surface area contributed by atoms with Gasteiger partial charge in [0.05, 0.1) is 0 Å². The summed E-state index contributed by atoms with van der Waals surface area (Å²) >= 11 is 0. The lowest BCUT2D eigenvalue weighted by atomic mass is 10.1. The number of pyridine rings is 1. The van der Waals surface area contributed by atoms with Crippen molar-refractivity contribution in [3.8, 4) is 0 Å². The summed E-state index contributed by atoms with van der Waals surface area (Å²) in [6, 6.07) is 2.41. The smallest absolute Gasteiger partial charge is 0.168 e. The zero-order valence-corrected chi connectivity index (χ0v) is 10.4. The van der Waals surface area contributed by atoms with Gasteiger partial charge in [0.15, 0.2) is 6.29 Å². The fourth-order valence-electron chi connectivity index (χ4n) is 1.60. The number of nitrogens with one attached hydrogen (secondary N) is 1. The van der Waals surface area contributed by atoms with Crippen LogP contribution in [-0.4, -0.2) is 17.3 Å². The summed E-state index contributed by atoms with van der Waals surface area (Å²) in [6.07, 6.45) is 8.15. The lowest BCUT2D eigenvalue weighted by Crippen LogP contribution is -2.04. The second-order valence-corrected chi connectivity index (χ2v) is 4.58. The summed E-state index contributed by atoms with van der Waals surface area (Å²) in [5.41, 5.74) is 3.89. The molecule has 0 amide bonds. The van der Waals surface area contributed by atoms with Crippen molar-refractivity contribution in [2.75, 3.05) is 5.32 Å². The van der Waals surface area contributed by atoms with Gasteiger partial charge >= 0.3 is 0 Å². The SMILES string of the molecule is CC/C(C)=C/c1cnc(C=O)cc1NC1CC1. The fraction of sp³-hybridized carbons (Fsp3) is 0.429. The normalized spacial score (nSPS) is 15.8. The molecule has 1 heterocycles. The maximum atomic E-state index is 10.7. The first kappa shape index (κ1) is 11.8. The van der Waals surface area contributed by atoms with E-state index in [2.05, 4.69) is 30.2 Å². The van der Waals surface area contributed by atoms with Crippen LogP contribution < -0.4 is 5.32 Å². The van der Waals surface area contributed by atoms with E-state index in [0.717, 1.165) is 24.0 Å². The van der Waals surface area contributed by atoms with Gasteiger partial charge in [0.25, 0.3) is 0 Å². The molecule has 1 aliphatic carbocycles. The van der Waals surface area contributed by atoms with Crippen LogP contribution in [0.15, 0.2) is 17.8 Å². The third-order valence-corrected chi connectivity index (χ3v) is 2.97. The Labute approximate surface area is 102 Å². The number of aldehydes is 1. The highest BCUT2D eigenvalue weighted by molar-refractivity contribution is 5.77. The molecule has 1 fully saturated rings. The van der Waals surface area contributed by atoms with Crippen LogP contribution in [-0.2, 0) is 0 Å². The van der Waals surface area contributed by atoms with E-state index in [1.54, 1.807) is 6.20 Å². The molecule has 3 nitrogen and oxygen atoms in total. The molecule has 0 atom stereocenters. The van der Waals surface area contributed by atoms with Gasteiger partial charge in [-0.05, 0) is 32.3 Å². The number of hydrogen-bond acceptors (Lipinski definition) is 3. The van der Waals surface area contributed by atoms with E-state index in [1.807, 2.05) is 6.07 Å². The predicted octanol–water partition coefficient (Wildman–Crippen LogP) is 3.28. The maximum Gasteiger partial charge on any atom is 0.168 e. The van der Waals surface area contributed by atoms with Crippen LogP contribution in [0, 0.1) is 0 Å². The van der Waals surface area contributed by atoms with Crippen LogP contribution in [0.3, 0.4) is 0 Å². The number of carbonyl (C=O) groups excluding carboxylic acids is 1. The van der Waals surface area contributed by atoms with Gasteiger partial charge in [0.1, 0.15) is 5.69 Å². The van der Waals surface area contributed by atoms with Crippen molar-refractivity contribution in [3.63, 3.8) is 0 Å². The molecule has 1 aromatic heterocycles. The average Bonchev–Trinajstić information content (AvgIpc) is 3.15. The molecule has 0 aliphatic heterocycles. The predicted molar refractivity (Wildman–Crippen MR) is 70.2 cm³/mol. The Hall–Kier alpha value is -1.64. The monoisotopic (exact) mass is 230 g/mol. The van der Waals surface area contributed by atoms with Crippen LogP contribution in [0.25, 0.3) is 6.08 Å². The van der Waals surface area contributed by atoms with Gasteiger partial charge in [-0.25, -0.2) is 0 Å². The van der Waals surface area contributed by atoms with E-state index in [9.17, 15) is 4.79 Å². The summed E-state index contributed by atoms with van der Waals surface area (Å²) in [5, 5.41) is 3.45. The fourth-order valence-corrected chi connectivity index (χ4v) is 1.60. The van der Waals surface area contributed by atoms with E-state index in [0.29, 0.717) is 11.7 Å². The quantitative estimate of drug-likeness (QED) is 0.789. The number of anilines is 1. The summed E-state index contributed by atoms with van der Waals surface area (Å²) < 4.78 is 0. The number of aromatic nitrogens is 1. The van der Waals surface area contributed by atoms with Crippen LogP contribution >= 0.6 is 0 Å². The maximum absolute atomic E-state index is 10.7. The highest BCUT2D eigenvalue weighted by atomic mass is 16.1. The van der Waals surface area contributed by atoms with Crippen molar-refractivity contribution >= 4 is 18.0 Å². The number of allylic oxidation sites excluding steroid dienone is 1. The van der Waals surface area contributed by atoms with Gasteiger partial charge in [-0.1, -0.05) is 18.6 Å². The van der Waals surface area contributed by atoms with Crippen molar-refractivity contribution in [2.45, 2.75) is 39.2 Å². The minimum Gasteiger partial charge on any atom is -0.382 e. The third-order valence-electron chi connectivity index (χ3n) is 2.97. The summed E-state index contributed by atoms with van der Waals surface area (Å²) in [5.74, 6) is 0. The number of rotatable bonds is 5. The summed E-state index contributed by atoms with van der Waals surface area (Å²) in [7, 11) is 0. The summed E-state index contributed by atoms with van der Waals surface area (Å²) in [6.45, 7) is 4.24. The molecule has 3 heteroatoms. The van der Waals surface area contributed by atoms with Gasteiger partial charge in [0.2, 0.25) is 0 Å². The first-order valence-corrected chi connectivity index (χ1v) is 6.12. The van der Waals surface area contributed by atoms with Gasteiger partial charge in [-0.2, -0.15) is 0 Å². The molecule has 0 aromatic carbocycles. The van der Waals surface area contributed by atoms with E-state index in [4.69, 9.17) is 0 Å². The lowest BCUT2D eigenvalue weighted by molar-refractivity contribution is 0.111. The largest absolute Gasteiger partial charge is 0.382 e. The summed E-state index contributed by atoms with van der Waals surface area (Å²) in [4.78, 5) is 14.9. The molecule has 0 unspecified atom stereocenters. The van der Waals surface area contributed by atoms with E-state index in [1.165, 1.54) is 18.4 Å². The van der Waals surface area contributed by atoms with Crippen LogP contribution in [0.4, 0.5) is 5.69 Å². The minimum atomic E-state index is 0.486. The van der Waals surface area contributed by atoms with Crippen molar-refractivity contribution in [1.82, 2.24) is 4.98 Å². The molecular weight excluding hydrogens is 212 g/mol. The number of nitrogens with zero attached hydrogens (tertiary/aromatic N) is 1. The second kappa shape index (κ2) is 5.13. The van der Waals surface area contributed by atoms with E-state index in [-0.39, 0.29) is 0 Å². The van der Waals surface area contributed by atoms with Gasteiger partial charge in [-0.3, -0.25) is 9.78 Å². The Morgan fingerprint density at radius 3 is 2.94 bits per heavy atom. The van der Waals surface area contributed by atoms with Gasteiger partial charge in [0, 0.05) is 23.5 Å². The minimum absolute atomic E-state index is 0.486. The first-order chi connectivity index (χ1) is 8.22.